The largest absolute Gasteiger partial charge is 0.325 e. The van der Waals surface area contributed by atoms with Crippen LogP contribution in [0.2, 0.25) is 5.02 Å². The highest BCUT2D eigenvalue weighted by atomic mass is 35.5. The molecule has 2 aromatic rings. The highest BCUT2D eigenvalue weighted by Crippen LogP contribution is 2.34. The Labute approximate surface area is 148 Å². The maximum absolute atomic E-state index is 12.9. The number of nitrogens with zero attached hydrogens (tertiary/aromatic N) is 2. The normalized spacial score (nSPS) is 19.8. The van der Waals surface area contributed by atoms with Gasteiger partial charge in [-0.3, -0.25) is 19.8 Å². The van der Waals surface area contributed by atoms with Crippen molar-refractivity contribution in [3.05, 3.63) is 74.8 Å². The van der Waals surface area contributed by atoms with Crippen LogP contribution in [-0.2, 0) is 16.9 Å². The second kappa shape index (κ2) is 6.18. The van der Waals surface area contributed by atoms with Gasteiger partial charge in [0.15, 0.2) is 0 Å². The standard InChI is InChI=1S/C17H14ClN3O4/c1-17(13-7-2-3-8-14(13)18)15(22)20(16(23)19-17)10-11-5-4-6-12(9-11)21(24)25/h2-9H,10H2,1H3,(H,19,23). The van der Waals surface area contributed by atoms with Crippen molar-refractivity contribution in [3.8, 4) is 0 Å². The summed E-state index contributed by atoms with van der Waals surface area (Å²) in [7, 11) is 0. The van der Waals surface area contributed by atoms with Gasteiger partial charge in [0, 0.05) is 22.7 Å². The summed E-state index contributed by atoms with van der Waals surface area (Å²) in [5.41, 5.74) is -0.396. The third-order valence-corrected chi connectivity index (χ3v) is 4.48. The van der Waals surface area contributed by atoms with E-state index in [0.29, 0.717) is 16.1 Å². The topological polar surface area (TPSA) is 92.6 Å². The molecule has 0 aromatic heterocycles. The van der Waals surface area contributed by atoms with Gasteiger partial charge in [0.2, 0.25) is 0 Å². The monoisotopic (exact) mass is 359 g/mol. The number of hydrogen-bond donors (Lipinski definition) is 1. The zero-order valence-corrected chi connectivity index (χ0v) is 14.0. The van der Waals surface area contributed by atoms with Gasteiger partial charge in [0.05, 0.1) is 11.5 Å². The first-order chi connectivity index (χ1) is 11.8. The molecule has 25 heavy (non-hydrogen) atoms. The number of benzene rings is 2. The molecular formula is C17H14ClN3O4. The van der Waals surface area contributed by atoms with E-state index >= 15 is 0 Å². The van der Waals surface area contributed by atoms with E-state index in [2.05, 4.69) is 5.32 Å². The van der Waals surface area contributed by atoms with Crippen LogP contribution < -0.4 is 5.32 Å². The van der Waals surface area contributed by atoms with E-state index < -0.39 is 22.4 Å². The smallest absolute Gasteiger partial charge is 0.319 e. The van der Waals surface area contributed by atoms with E-state index in [0.717, 1.165) is 4.90 Å². The van der Waals surface area contributed by atoms with E-state index in [4.69, 9.17) is 11.6 Å². The number of nitro benzene ring substituents is 1. The Kier molecular flexibility index (Phi) is 4.18. The molecule has 128 valence electrons. The first-order valence-electron chi connectivity index (χ1n) is 7.45. The number of amides is 3. The maximum Gasteiger partial charge on any atom is 0.325 e. The summed E-state index contributed by atoms with van der Waals surface area (Å²) in [5.74, 6) is -0.461. The molecule has 7 nitrogen and oxygen atoms in total. The number of rotatable bonds is 4. The number of hydrogen-bond acceptors (Lipinski definition) is 4. The Bertz CT molecular complexity index is 886. The molecule has 1 atom stereocenters. The third-order valence-electron chi connectivity index (χ3n) is 4.15. The molecule has 1 heterocycles. The molecule has 0 aliphatic carbocycles. The van der Waals surface area contributed by atoms with Crippen molar-refractivity contribution in [1.82, 2.24) is 10.2 Å². The van der Waals surface area contributed by atoms with E-state index in [1.165, 1.54) is 18.2 Å². The summed E-state index contributed by atoms with van der Waals surface area (Å²) >= 11 is 6.17. The first-order valence-corrected chi connectivity index (χ1v) is 7.83. The molecule has 1 fully saturated rings. The molecule has 2 aromatic carbocycles. The lowest BCUT2D eigenvalue weighted by Gasteiger charge is -2.23. The average molecular weight is 360 g/mol. The molecule has 3 amide bonds. The fraction of sp³-hybridized carbons (Fsp3) is 0.176. The number of carbonyl (C=O) groups excluding carboxylic acids is 2. The zero-order chi connectivity index (χ0) is 18.2. The number of halogens is 1. The van der Waals surface area contributed by atoms with Crippen LogP contribution in [0.3, 0.4) is 0 Å². The van der Waals surface area contributed by atoms with Crippen LogP contribution in [0.4, 0.5) is 10.5 Å². The molecule has 1 unspecified atom stereocenters. The van der Waals surface area contributed by atoms with Crippen LogP contribution in [-0.4, -0.2) is 21.8 Å². The number of nitro groups is 1. The SMILES string of the molecule is CC1(c2ccccc2Cl)NC(=O)N(Cc2cccc([N+](=O)[O-])c2)C1=O. The Balaban J connectivity index is 1.91. The number of carbonyl (C=O) groups is 2. The lowest BCUT2D eigenvalue weighted by Crippen LogP contribution is -2.41. The van der Waals surface area contributed by atoms with Gasteiger partial charge in [-0.25, -0.2) is 4.79 Å². The zero-order valence-electron chi connectivity index (χ0n) is 13.2. The first kappa shape index (κ1) is 16.9. The van der Waals surface area contributed by atoms with E-state index in [1.54, 1.807) is 37.3 Å². The second-order valence-electron chi connectivity index (χ2n) is 5.85. The van der Waals surface area contributed by atoms with Gasteiger partial charge in [-0.2, -0.15) is 0 Å². The molecule has 1 aliphatic heterocycles. The number of imide groups is 1. The van der Waals surface area contributed by atoms with Gasteiger partial charge in [-0.1, -0.05) is 41.9 Å². The Morgan fingerprint density at radius 1 is 1.20 bits per heavy atom. The summed E-state index contributed by atoms with van der Waals surface area (Å²) in [5, 5.41) is 13.9. The molecule has 3 rings (SSSR count). The minimum atomic E-state index is -1.28. The Morgan fingerprint density at radius 2 is 1.92 bits per heavy atom. The summed E-state index contributed by atoms with van der Waals surface area (Å²) in [4.78, 5) is 36.6. The quantitative estimate of drug-likeness (QED) is 0.515. The minimum Gasteiger partial charge on any atom is -0.319 e. The molecule has 0 radical (unpaired) electrons. The maximum atomic E-state index is 12.9. The van der Waals surface area contributed by atoms with Crippen molar-refractivity contribution >= 4 is 29.2 Å². The van der Waals surface area contributed by atoms with Gasteiger partial charge in [0.1, 0.15) is 5.54 Å². The fourth-order valence-electron chi connectivity index (χ4n) is 2.84. The summed E-state index contributed by atoms with van der Waals surface area (Å²) in [6, 6.07) is 12.0. The highest BCUT2D eigenvalue weighted by Gasteiger charge is 2.49. The van der Waals surface area contributed by atoms with Crippen LogP contribution in [0.25, 0.3) is 0 Å². The lowest BCUT2D eigenvalue weighted by molar-refractivity contribution is -0.384. The third kappa shape index (κ3) is 2.94. The molecule has 0 saturated carbocycles. The number of urea groups is 1. The molecule has 8 heteroatoms. The number of non-ortho nitro benzene ring substituents is 1. The van der Waals surface area contributed by atoms with Crippen molar-refractivity contribution in [1.29, 1.82) is 0 Å². The molecule has 1 aliphatic rings. The van der Waals surface area contributed by atoms with Crippen molar-refractivity contribution in [2.75, 3.05) is 0 Å². The summed E-state index contributed by atoms with van der Waals surface area (Å²) in [6.45, 7) is 1.52. The van der Waals surface area contributed by atoms with Crippen molar-refractivity contribution in [2.24, 2.45) is 0 Å². The van der Waals surface area contributed by atoms with Crippen LogP contribution >= 0.6 is 11.6 Å². The van der Waals surface area contributed by atoms with Gasteiger partial charge in [0.25, 0.3) is 11.6 Å². The molecule has 0 bridgehead atoms. The van der Waals surface area contributed by atoms with E-state index in [9.17, 15) is 19.7 Å². The van der Waals surface area contributed by atoms with Gasteiger partial charge in [-0.15, -0.1) is 0 Å². The molecule has 0 spiro atoms. The summed E-state index contributed by atoms with van der Waals surface area (Å²) < 4.78 is 0. The van der Waals surface area contributed by atoms with Crippen molar-refractivity contribution in [2.45, 2.75) is 19.0 Å². The molecule has 1 N–H and O–H groups in total. The van der Waals surface area contributed by atoms with E-state index in [1.807, 2.05) is 0 Å². The van der Waals surface area contributed by atoms with Gasteiger partial charge in [-0.05, 0) is 18.6 Å². The minimum absolute atomic E-state index is 0.0631. The highest BCUT2D eigenvalue weighted by molar-refractivity contribution is 6.32. The second-order valence-corrected chi connectivity index (χ2v) is 6.26. The Morgan fingerprint density at radius 3 is 2.60 bits per heavy atom. The number of nitrogens with one attached hydrogen (secondary N) is 1. The van der Waals surface area contributed by atoms with Crippen LogP contribution in [0.1, 0.15) is 18.1 Å². The van der Waals surface area contributed by atoms with Crippen LogP contribution in [0.15, 0.2) is 48.5 Å². The van der Waals surface area contributed by atoms with Crippen LogP contribution in [0.5, 0.6) is 0 Å². The van der Waals surface area contributed by atoms with Crippen LogP contribution in [0, 0.1) is 10.1 Å². The van der Waals surface area contributed by atoms with Gasteiger partial charge >= 0.3 is 6.03 Å². The van der Waals surface area contributed by atoms with Crippen molar-refractivity contribution in [3.63, 3.8) is 0 Å². The average Bonchev–Trinajstić information content (AvgIpc) is 2.79. The van der Waals surface area contributed by atoms with Crippen molar-refractivity contribution < 1.29 is 14.5 Å². The van der Waals surface area contributed by atoms with Gasteiger partial charge < -0.3 is 5.32 Å². The Hall–Kier alpha value is -2.93. The summed E-state index contributed by atoms with van der Waals surface area (Å²) in [6.07, 6.45) is 0. The molecule has 1 saturated heterocycles. The fourth-order valence-corrected chi connectivity index (χ4v) is 3.17. The lowest BCUT2D eigenvalue weighted by atomic mass is 9.92. The molecular weight excluding hydrogens is 346 g/mol. The van der Waals surface area contributed by atoms with E-state index in [-0.39, 0.29) is 12.2 Å². The predicted octanol–water partition coefficient (Wildman–Crippen LogP) is 3.22. The predicted molar refractivity (Wildman–Crippen MR) is 91.0 cm³/mol.